The van der Waals surface area contributed by atoms with Gasteiger partial charge in [-0.3, -0.25) is 9.69 Å². The minimum atomic E-state index is -4.08. The Morgan fingerprint density at radius 3 is 2.79 bits per heavy atom. The first-order valence-corrected chi connectivity index (χ1v) is 7.10. The number of amides is 1. The average molecular weight is 338 g/mol. The van der Waals surface area contributed by atoms with Crippen LogP contribution in [0.1, 0.15) is 24.2 Å². The number of benzene rings is 1. The van der Waals surface area contributed by atoms with Gasteiger partial charge in [0.1, 0.15) is 0 Å². The standard InChI is InChI=1S/C16H13F3N2O3/c1-9(22)11-3-2-4-12-14(11)24-16(18,19)15(23)21(12)8-10-5-6-20-13(17)7-10/h2-7,9,22H,8H2,1H3/t9-/m0/s1. The number of fused-ring (bicyclic) bond motifs is 1. The summed E-state index contributed by atoms with van der Waals surface area (Å²) in [6.45, 7) is 1.11. The Kier molecular flexibility index (Phi) is 3.92. The summed E-state index contributed by atoms with van der Waals surface area (Å²) in [5.74, 6) is -2.61. The van der Waals surface area contributed by atoms with Gasteiger partial charge in [0.2, 0.25) is 5.95 Å². The predicted octanol–water partition coefficient (Wildman–Crippen LogP) is 2.79. The quantitative estimate of drug-likeness (QED) is 0.874. The Hall–Kier alpha value is -2.61. The maximum absolute atomic E-state index is 14.0. The summed E-state index contributed by atoms with van der Waals surface area (Å²) in [4.78, 5) is 16.3. The van der Waals surface area contributed by atoms with Crippen LogP contribution in [0.2, 0.25) is 0 Å². The monoisotopic (exact) mass is 338 g/mol. The van der Waals surface area contributed by atoms with Crippen molar-refractivity contribution in [3.05, 3.63) is 53.6 Å². The number of aliphatic hydroxyl groups excluding tert-OH is 1. The van der Waals surface area contributed by atoms with Crippen molar-refractivity contribution in [3.8, 4) is 5.75 Å². The molecule has 0 aliphatic carbocycles. The van der Waals surface area contributed by atoms with Crippen molar-refractivity contribution in [3.63, 3.8) is 0 Å². The van der Waals surface area contributed by atoms with Crippen molar-refractivity contribution in [1.82, 2.24) is 4.98 Å². The van der Waals surface area contributed by atoms with Crippen LogP contribution < -0.4 is 9.64 Å². The van der Waals surface area contributed by atoms with Gasteiger partial charge >= 0.3 is 12.0 Å². The van der Waals surface area contributed by atoms with Crippen molar-refractivity contribution in [1.29, 1.82) is 0 Å². The van der Waals surface area contributed by atoms with Crippen LogP contribution in [-0.2, 0) is 11.3 Å². The van der Waals surface area contributed by atoms with E-state index in [0.29, 0.717) is 5.56 Å². The van der Waals surface area contributed by atoms with Crippen LogP contribution >= 0.6 is 0 Å². The smallest absolute Gasteiger partial charge is 0.423 e. The van der Waals surface area contributed by atoms with Crippen LogP contribution in [0.25, 0.3) is 0 Å². The second-order valence-corrected chi connectivity index (χ2v) is 5.37. The van der Waals surface area contributed by atoms with E-state index >= 15 is 0 Å². The molecule has 1 amide bonds. The second-order valence-electron chi connectivity index (χ2n) is 5.37. The minimum absolute atomic E-state index is 0.0848. The van der Waals surface area contributed by atoms with E-state index in [0.717, 1.165) is 11.0 Å². The number of ether oxygens (including phenoxy) is 1. The third-order valence-corrected chi connectivity index (χ3v) is 3.62. The second kappa shape index (κ2) is 5.79. The Labute approximate surface area is 135 Å². The molecular weight excluding hydrogens is 325 g/mol. The highest BCUT2D eigenvalue weighted by molar-refractivity contribution is 6.01. The van der Waals surface area contributed by atoms with E-state index in [1.807, 2.05) is 0 Å². The van der Waals surface area contributed by atoms with Crippen LogP contribution in [0.4, 0.5) is 18.9 Å². The third-order valence-electron chi connectivity index (χ3n) is 3.62. The number of hydrogen-bond acceptors (Lipinski definition) is 4. The molecule has 0 bridgehead atoms. The molecule has 1 aliphatic rings. The molecule has 1 aliphatic heterocycles. The Morgan fingerprint density at radius 1 is 1.38 bits per heavy atom. The lowest BCUT2D eigenvalue weighted by molar-refractivity contribution is -0.193. The van der Waals surface area contributed by atoms with Crippen molar-refractivity contribution in [2.45, 2.75) is 25.7 Å². The number of carbonyl (C=O) groups is 1. The van der Waals surface area contributed by atoms with E-state index in [9.17, 15) is 23.1 Å². The predicted molar refractivity (Wildman–Crippen MR) is 78.0 cm³/mol. The number of rotatable bonds is 3. The van der Waals surface area contributed by atoms with Crippen LogP contribution in [0.5, 0.6) is 5.75 Å². The van der Waals surface area contributed by atoms with Crippen LogP contribution in [-0.4, -0.2) is 22.1 Å². The molecule has 5 nitrogen and oxygen atoms in total. The largest absolute Gasteiger partial charge is 0.483 e. The zero-order valence-electron chi connectivity index (χ0n) is 12.5. The van der Waals surface area contributed by atoms with E-state index < -0.39 is 24.1 Å². The van der Waals surface area contributed by atoms with Gasteiger partial charge in [0.25, 0.3) is 0 Å². The fourth-order valence-electron chi connectivity index (χ4n) is 2.51. The summed E-state index contributed by atoms with van der Waals surface area (Å²) in [6.07, 6.45) is -3.96. The highest BCUT2D eigenvalue weighted by Gasteiger charge is 2.51. The topological polar surface area (TPSA) is 62.7 Å². The molecule has 1 aromatic heterocycles. The van der Waals surface area contributed by atoms with Gasteiger partial charge in [-0.1, -0.05) is 12.1 Å². The average Bonchev–Trinajstić information content (AvgIpc) is 2.51. The number of hydrogen-bond donors (Lipinski definition) is 1. The van der Waals surface area contributed by atoms with Gasteiger partial charge < -0.3 is 9.84 Å². The Morgan fingerprint density at radius 2 is 2.12 bits per heavy atom. The van der Waals surface area contributed by atoms with Gasteiger partial charge in [-0.15, -0.1) is 0 Å². The molecular formula is C16H13F3N2O3. The maximum Gasteiger partial charge on any atom is 0.483 e. The highest BCUT2D eigenvalue weighted by Crippen LogP contribution is 2.44. The van der Waals surface area contributed by atoms with Crippen LogP contribution in [0, 0.1) is 5.95 Å². The summed E-state index contributed by atoms with van der Waals surface area (Å²) in [6, 6.07) is 6.84. The van der Waals surface area contributed by atoms with Gasteiger partial charge in [-0.05, 0) is 30.7 Å². The number of halogens is 3. The van der Waals surface area contributed by atoms with Crippen LogP contribution in [0.15, 0.2) is 36.5 Å². The Bertz CT molecular complexity index is 796. The molecule has 0 saturated carbocycles. The molecule has 8 heteroatoms. The molecule has 0 unspecified atom stereocenters. The molecule has 2 aromatic rings. The molecule has 1 aromatic carbocycles. The van der Waals surface area contributed by atoms with E-state index in [1.54, 1.807) is 0 Å². The minimum Gasteiger partial charge on any atom is -0.423 e. The SMILES string of the molecule is C[C@H](O)c1cccc2c1OC(F)(F)C(=O)N2Cc1ccnc(F)c1. The van der Waals surface area contributed by atoms with Gasteiger partial charge in [0.05, 0.1) is 18.3 Å². The molecule has 3 rings (SSSR count). The molecule has 1 N–H and O–H groups in total. The number of aliphatic hydroxyl groups is 1. The first-order chi connectivity index (χ1) is 11.3. The maximum atomic E-state index is 14.0. The number of carbonyl (C=O) groups excluding carboxylic acids is 1. The molecule has 2 heterocycles. The lowest BCUT2D eigenvalue weighted by Gasteiger charge is -2.35. The van der Waals surface area contributed by atoms with E-state index in [2.05, 4.69) is 9.72 Å². The summed E-state index contributed by atoms with van der Waals surface area (Å²) in [7, 11) is 0. The van der Waals surface area contributed by atoms with E-state index in [-0.39, 0.29) is 23.5 Å². The summed E-state index contributed by atoms with van der Waals surface area (Å²) >= 11 is 0. The number of anilines is 1. The molecule has 0 radical (unpaired) electrons. The van der Waals surface area contributed by atoms with Gasteiger partial charge in [0.15, 0.2) is 5.75 Å². The number of alkyl halides is 2. The fraction of sp³-hybridized carbons (Fsp3) is 0.250. The van der Waals surface area contributed by atoms with Gasteiger partial charge in [-0.25, -0.2) is 4.98 Å². The molecule has 0 saturated heterocycles. The number of nitrogens with zero attached hydrogens (tertiary/aromatic N) is 2. The van der Waals surface area contributed by atoms with Crippen molar-refractivity contribution >= 4 is 11.6 Å². The van der Waals surface area contributed by atoms with E-state index in [4.69, 9.17) is 0 Å². The van der Waals surface area contributed by atoms with Crippen molar-refractivity contribution in [2.75, 3.05) is 4.90 Å². The normalized spacial score (nSPS) is 17.2. The molecule has 0 spiro atoms. The highest BCUT2D eigenvalue weighted by atomic mass is 19.3. The summed E-state index contributed by atoms with van der Waals surface area (Å²) in [5.41, 5.74) is 0.508. The zero-order chi connectivity index (χ0) is 17.5. The van der Waals surface area contributed by atoms with Crippen molar-refractivity contribution < 1.29 is 27.8 Å². The molecule has 0 fully saturated rings. The lowest BCUT2D eigenvalue weighted by atomic mass is 10.1. The first kappa shape index (κ1) is 16.3. The number of aromatic nitrogens is 1. The summed E-state index contributed by atoms with van der Waals surface area (Å²) < 4.78 is 45.7. The molecule has 126 valence electrons. The van der Waals surface area contributed by atoms with E-state index in [1.165, 1.54) is 37.4 Å². The van der Waals surface area contributed by atoms with Crippen molar-refractivity contribution in [2.24, 2.45) is 0 Å². The van der Waals surface area contributed by atoms with Gasteiger partial charge in [-0.2, -0.15) is 13.2 Å². The molecule has 24 heavy (non-hydrogen) atoms. The number of para-hydroxylation sites is 1. The summed E-state index contributed by atoms with van der Waals surface area (Å²) in [5, 5.41) is 9.74. The first-order valence-electron chi connectivity index (χ1n) is 7.10. The fourth-order valence-corrected chi connectivity index (χ4v) is 2.51. The van der Waals surface area contributed by atoms with Gasteiger partial charge in [0, 0.05) is 11.8 Å². The Balaban J connectivity index is 2.09. The lowest BCUT2D eigenvalue weighted by Crippen LogP contribution is -2.50. The number of pyridine rings is 1. The third kappa shape index (κ3) is 2.80. The van der Waals surface area contributed by atoms with Crippen LogP contribution in [0.3, 0.4) is 0 Å². The molecule has 1 atom stereocenters. The zero-order valence-corrected chi connectivity index (χ0v) is 12.5.